The molecule has 2 aromatic carbocycles. The first-order chi connectivity index (χ1) is 12.5. The minimum absolute atomic E-state index is 0. The van der Waals surface area contributed by atoms with Crippen molar-refractivity contribution < 1.29 is 14.6 Å². The number of hydrogen-bond donors (Lipinski definition) is 2. The van der Waals surface area contributed by atoms with E-state index < -0.39 is 6.10 Å². The average Bonchev–Trinajstić information content (AvgIpc) is 2.76. The maximum atomic E-state index is 13.0. The van der Waals surface area contributed by atoms with Crippen LogP contribution >= 0.6 is 24.2 Å². The second-order valence-electron chi connectivity index (χ2n) is 6.32. The van der Waals surface area contributed by atoms with Crippen LogP contribution < -0.4 is 15.0 Å². The summed E-state index contributed by atoms with van der Waals surface area (Å²) >= 11 is 1.53. The monoisotopic (exact) mass is 408 g/mol. The lowest BCUT2D eigenvalue weighted by Gasteiger charge is -2.25. The predicted octanol–water partition coefficient (Wildman–Crippen LogP) is 3.19. The summed E-state index contributed by atoms with van der Waals surface area (Å²) in [7, 11) is 3.47. The molecule has 0 bridgehead atoms. The second-order valence-corrected chi connectivity index (χ2v) is 7.50. The van der Waals surface area contributed by atoms with Crippen LogP contribution in [0.15, 0.2) is 47.4 Å². The Labute approximate surface area is 170 Å². The smallest absolute Gasteiger partial charge is 0.257 e. The molecule has 0 saturated carbocycles. The van der Waals surface area contributed by atoms with Crippen molar-refractivity contribution in [1.82, 2.24) is 5.32 Å². The third-order valence-electron chi connectivity index (χ3n) is 4.50. The zero-order valence-electron chi connectivity index (χ0n) is 15.6. The lowest BCUT2D eigenvalue weighted by Crippen LogP contribution is -2.43. The number of anilines is 1. The number of nitrogens with one attached hydrogen (secondary N) is 1. The van der Waals surface area contributed by atoms with E-state index >= 15 is 0 Å². The Morgan fingerprint density at radius 3 is 2.56 bits per heavy atom. The number of ether oxygens (including phenoxy) is 1. The molecule has 0 unspecified atom stereocenters. The molecule has 0 radical (unpaired) electrons. The fourth-order valence-electron chi connectivity index (χ4n) is 3.05. The summed E-state index contributed by atoms with van der Waals surface area (Å²) in [5.74, 6) is 0.483. The summed E-state index contributed by atoms with van der Waals surface area (Å²) in [6.07, 6.45) is -1.11. The molecule has 1 aliphatic rings. The van der Waals surface area contributed by atoms with Gasteiger partial charge in [0.15, 0.2) is 0 Å². The molecule has 5 nitrogen and oxygen atoms in total. The highest BCUT2D eigenvalue weighted by Gasteiger charge is 2.37. The molecule has 7 heteroatoms. The highest BCUT2D eigenvalue weighted by molar-refractivity contribution is 7.99. The molecule has 2 atom stereocenters. The molecule has 0 saturated heterocycles. The quantitative estimate of drug-likeness (QED) is 0.795. The van der Waals surface area contributed by atoms with Gasteiger partial charge in [0.2, 0.25) is 0 Å². The molecule has 3 rings (SSSR count). The number of likely N-dealkylation sites (N-methyl/N-ethyl adjacent to an activating group) is 1. The summed E-state index contributed by atoms with van der Waals surface area (Å²) < 4.78 is 5.21. The van der Waals surface area contributed by atoms with Gasteiger partial charge in [-0.1, -0.05) is 18.2 Å². The standard InChI is InChI=1S/C20H24N2O3S.ClH/c1-13-4-9-16-17(12-13)26-19(14-5-7-15(25-3)8-6-14)18(23)20(24)22(16)11-10-21-2;/h4-9,12,18-19,21,23H,10-11H2,1-3H3;1H/t18-,19+;/m1./s1. The van der Waals surface area contributed by atoms with Crippen molar-refractivity contribution in [3.05, 3.63) is 53.6 Å². The molecule has 146 valence electrons. The SMILES string of the molecule is CNCCN1C(=O)[C@H](O)[C@H](c2ccc(OC)cc2)Sc2cc(C)ccc21.Cl. The highest BCUT2D eigenvalue weighted by Crippen LogP contribution is 2.46. The van der Waals surface area contributed by atoms with Crippen molar-refractivity contribution >= 4 is 35.8 Å². The number of benzene rings is 2. The Morgan fingerprint density at radius 2 is 1.93 bits per heavy atom. The van der Waals surface area contributed by atoms with Gasteiger partial charge in [-0.2, -0.15) is 0 Å². The van der Waals surface area contributed by atoms with Gasteiger partial charge in [0.05, 0.1) is 18.0 Å². The molecule has 27 heavy (non-hydrogen) atoms. The molecule has 2 N–H and O–H groups in total. The number of methoxy groups -OCH3 is 1. The lowest BCUT2D eigenvalue weighted by atomic mass is 10.1. The summed E-state index contributed by atoms with van der Waals surface area (Å²) in [5, 5.41) is 13.6. The lowest BCUT2D eigenvalue weighted by molar-refractivity contribution is -0.126. The minimum Gasteiger partial charge on any atom is -0.497 e. The average molecular weight is 409 g/mol. The molecular formula is C20H25ClN2O3S. The van der Waals surface area contributed by atoms with Crippen molar-refractivity contribution in [3.8, 4) is 5.75 Å². The van der Waals surface area contributed by atoms with Gasteiger partial charge in [0, 0.05) is 18.0 Å². The number of aryl methyl sites for hydroxylation is 1. The van der Waals surface area contributed by atoms with Crippen LogP contribution in [0.5, 0.6) is 5.75 Å². The second kappa shape index (κ2) is 9.46. The van der Waals surface area contributed by atoms with Gasteiger partial charge in [-0.3, -0.25) is 4.79 Å². The van der Waals surface area contributed by atoms with Crippen molar-refractivity contribution in [3.63, 3.8) is 0 Å². The largest absolute Gasteiger partial charge is 0.497 e. The van der Waals surface area contributed by atoms with E-state index in [1.807, 2.05) is 50.4 Å². The highest BCUT2D eigenvalue weighted by atomic mass is 35.5. The summed E-state index contributed by atoms with van der Waals surface area (Å²) in [6.45, 7) is 3.20. The Bertz CT molecular complexity index is 785. The van der Waals surface area contributed by atoms with E-state index in [0.29, 0.717) is 13.1 Å². The van der Waals surface area contributed by atoms with E-state index in [-0.39, 0.29) is 23.6 Å². The van der Waals surface area contributed by atoms with Crippen molar-refractivity contribution in [1.29, 1.82) is 0 Å². The topological polar surface area (TPSA) is 61.8 Å². The van der Waals surface area contributed by atoms with Crippen LogP contribution in [0.2, 0.25) is 0 Å². The zero-order chi connectivity index (χ0) is 18.7. The molecular weight excluding hydrogens is 384 g/mol. The van der Waals surface area contributed by atoms with Gasteiger partial charge in [-0.05, 0) is 49.4 Å². The summed E-state index contributed by atoms with van der Waals surface area (Å²) in [6, 6.07) is 13.6. The Hall–Kier alpha value is -1.73. The third kappa shape index (κ3) is 4.58. The zero-order valence-corrected chi connectivity index (χ0v) is 17.3. The van der Waals surface area contributed by atoms with Crippen LogP contribution in [0.1, 0.15) is 16.4 Å². The Kier molecular flexibility index (Phi) is 7.56. The fraction of sp³-hybridized carbons (Fsp3) is 0.350. The summed E-state index contributed by atoms with van der Waals surface area (Å²) in [4.78, 5) is 15.7. The minimum atomic E-state index is -1.11. The molecule has 0 fully saturated rings. The van der Waals surface area contributed by atoms with Gasteiger partial charge in [-0.15, -0.1) is 24.2 Å². The number of rotatable bonds is 5. The number of carbonyl (C=O) groups is 1. The summed E-state index contributed by atoms with van der Waals surface area (Å²) in [5.41, 5.74) is 2.89. The first-order valence-corrected chi connectivity index (χ1v) is 9.48. The molecule has 2 aromatic rings. The van der Waals surface area contributed by atoms with Crippen molar-refractivity contribution in [2.45, 2.75) is 23.2 Å². The number of aliphatic hydroxyl groups is 1. The van der Waals surface area contributed by atoms with Crippen LogP contribution in [-0.4, -0.2) is 44.4 Å². The molecule has 0 spiro atoms. The third-order valence-corrected chi connectivity index (χ3v) is 5.86. The molecule has 1 aliphatic heterocycles. The van der Waals surface area contributed by atoms with Gasteiger partial charge in [0.25, 0.3) is 5.91 Å². The number of nitrogens with zero attached hydrogens (tertiary/aromatic N) is 1. The van der Waals surface area contributed by atoms with Gasteiger partial charge in [-0.25, -0.2) is 0 Å². The van der Waals surface area contributed by atoms with Crippen LogP contribution in [0, 0.1) is 6.92 Å². The van der Waals surface area contributed by atoms with E-state index in [1.54, 1.807) is 12.0 Å². The van der Waals surface area contributed by atoms with Crippen LogP contribution in [0.3, 0.4) is 0 Å². The fourth-order valence-corrected chi connectivity index (χ4v) is 4.41. The number of hydrogen-bond acceptors (Lipinski definition) is 5. The molecule has 1 heterocycles. The number of aliphatic hydroxyl groups excluding tert-OH is 1. The maximum absolute atomic E-state index is 13.0. The number of halogens is 1. The van der Waals surface area contributed by atoms with E-state index in [2.05, 4.69) is 11.4 Å². The van der Waals surface area contributed by atoms with E-state index in [0.717, 1.165) is 27.5 Å². The first-order valence-electron chi connectivity index (χ1n) is 8.60. The van der Waals surface area contributed by atoms with Crippen molar-refractivity contribution in [2.75, 3.05) is 32.1 Å². The van der Waals surface area contributed by atoms with Gasteiger partial charge in [0.1, 0.15) is 11.9 Å². The molecule has 1 amide bonds. The molecule has 0 aliphatic carbocycles. The first kappa shape index (κ1) is 21.6. The van der Waals surface area contributed by atoms with Crippen LogP contribution in [0.25, 0.3) is 0 Å². The number of thioether (sulfide) groups is 1. The number of fused-ring (bicyclic) bond motifs is 1. The van der Waals surface area contributed by atoms with Gasteiger partial charge < -0.3 is 20.1 Å². The predicted molar refractivity (Wildman–Crippen MR) is 112 cm³/mol. The van der Waals surface area contributed by atoms with Crippen molar-refractivity contribution in [2.24, 2.45) is 0 Å². The number of carbonyl (C=O) groups excluding carboxylic acids is 1. The number of amides is 1. The van der Waals surface area contributed by atoms with Crippen LogP contribution in [-0.2, 0) is 4.79 Å². The van der Waals surface area contributed by atoms with E-state index in [9.17, 15) is 9.90 Å². The maximum Gasteiger partial charge on any atom is 0.257 e. The van der Waals surface area contributed by atoms with Crippen LogP contribution in [0.4, 0.5) is 5.69 Å². The Balaban J connectivity index is 0.00000261. The molecule has 0 aromatic heterocycles. The van der Waals surface area contributed by atoms with E-state index in [1.165, 1.54) is 11.8 Å². The van der Waals surface area contributed by atoms with Gasteiger partial charge >= 0.3 is 0 Å². The normalized spacial score (nSPS) is 19.1. The Morgan fingerprint density at radius 1 is 1.22 bits per heavy atom. The van der Waals surface area contributed by atoms with E-state index in [4.69, 9.17) is 4.74 Å².